The van der Waals surface area contributed by atoms with Crippen molar-refractivity contribution in [1.29, 1.82) is 0 Å². The summed E-state index contributed by atoms with van der Waals surface area (Å²) in [6.07, 6.45) is 0.786. The fourth-order valence-corrected chi connectivity index (χ4v) is 3.12. The van der Waals surface area contributed by atoms with Gasteiger partial charge in [-0.1, -0.05) is 35.9 Å². The van der Waals surface area contributed by atoms with E-state index in [1.54, 1.807) is 31.2 Å². The fourth-order valence-electron chi connectivity index (χ4n) is 2.85. The number of amides is 1. The van der Waals surface area contributed by atoms with Crippen molar-refractivity contribution < 1.29 is 19.1 Å². The third-order valence-electron chi connectivity index (χ3n) is 4.20. The first-order valence-corrected chi connectivity index (χ1v) is 8.90. The first-order chi connectivity index (χ1) is 12.6. The zero-order valence-corrected chi connectivity index (χ0v) is 15.2. The molecular weight excluding hydrogens is 354 g/mol. The summed E-state index contributed by atoms with van der Waals surface area (Å²) < 4.78 is 10.2. The average molecular weight is 374 g/mol. The number of carbonyl (C=O) groups is 2. The Bertz CT molecular complexity index is 808. The van der Waals surface area contributed by atoms with Gasteiger partial charge in [0, 0.05) is 22.7 Å². The van der Waals surface area contributed by atoms with Gasteiger partial charge in [-0.15, -0.1) is 0 Å². The van der Waals surface area contributed by atoms with Crippen molar-refractivity contribution >= 4 is 29.2 Å². The van der Waals surface area contributed by atoms with E-state index >= 15 is 0 Å². The Balaban J connectivity index is 1.56. The van der Waals surface area contributed by atoms with Crippen LogP contribution in [0.3, 0.4) is 0 Å². The summed E-state index contributed by atoms with van der Waals surface area (Å²) in [5.74, 6) is 0.0974. The number of benzene rings is 2. The van der Waals surface area contributed by atoms with Gasteiger partial charge in [-0.25, -0.2) is 4.79 Å². The standard InChI is InChI=1S/C20H20ClNO4/c1-2-25-19(23)12-26-14-7-5-6-13(10-14)22-20(24)17-11-16(17)15-8-3-4-9-18(15)21/h3-10,16-17H,2,11-12H2,1H3,(H,22,24). The van der Waals surface area contributed by atoms with Crippen LogP contribution in [0.5, 0.6) is 5.75 Å². The van der Waals surface area contributed by atoms with Crippen LogP contribution in [0.4, 0.5) is 5.69 Å². The van der Waals surface area contributed by atoms with E-state index in [1.807, 2.05) is 24.3 Å². The molecule has 5 nitrogen and oxygen atoms in total. The van der Waals surface area contributed by atoms with Crippen molar-refractivity contribution in [2.75, 3.05) is 18.5 Å². The van der Waals surface area contributed by atoms with Gasteiger partial charge in [0.2, 0.25) is 5.91 Å². The normalized spacial score (nSPS) is 18.1. The first kappa shape index (κ1) is 18.3. The Morgan fingerprint density at radius 3 is 2.77 bits per heavy atom. The molecule has 2 atom stereocenters. The van der Waals surface area contributed by atoms with Crippen molar-refractivity contribution in [1.82, 2.24) is 0 Å². The van der Waals surface area contributed by atoms with E-state index in [0.29, 0.717) is 23.1 Å². The number of carbonyl (C=O) groups excluding carboxylic acids is 2. The number of hydrogen-bond donors (Lipinski definition) is 1. The minimum atomic E-state index is -0.428. The Morgan fingerprint density at radius 1 is 1.19 bits per heavy atom. The monoisotopic (exact) mass is 373 g/mol. The van der Waals surface area contributed by atoms with Crippen LogP contribution in [0.2, 0.25) is 5.02 Å². The molecule has 1 N–H and O–H groups in total. The molecule has 2 aromatic rings. The molecule has 0 saturated heterocycles. The van der Waals surface area contributed by atoms with Crippen molar-refractivity contribution in [2.45, 2.75) is 19.3 Å². The fraction of sp³-hybridized carbons (Fsp3) is 0.300. The molecule has 2 unspecified atom stereocenters. The molecule has 0 radical (unpaired) electrons. The van der Waals surface area contributed by atoms with Crippen LogP contribution in [-0.2, 0) is 14.3 Å². The van der Waals surface area contributed by atoms with E-state index < -0.39 is 5.97 Å². The molecule has 0 heterocycles. The lowest BCUT2D eigenvalue weighted by atomic mass is 10.1. The second kappa shape index (κ2) is 8.23. The highest BCUT2D eigenvalue weighted by atomic mass is 35.5. The Labute approximate surface area is 157 Å². The van der Waals surface area contributed by atoms with Gasteiger partial charge in [0.05, 0.1) is 6.61 Å². The average Bonchev–Trinajstić information content (AvgIpc) is 3.42. The molecule has 1 fully saturated rings. The summed E-state index contributed by atoms with van der Waals surface area (Å²) >= 11 is 6.21. The second-order valence-electron chi connectivity index (χ2n) is 6.08. The number of rotatable bonds is 7. The third kappa shape index (κ3) is 4.55. The molecule has 1 saturated carbocycles. The van der Waals surface area contributed by atoms with Gasteiger partial charge < -0.3 is 14.8 Å². The van der Waals surface area contributed by atoms with Crippen LogP contribution in [-0.4, -0.2) is 25.1 Å². The lowest BCUT2D eigenvalue weighted by Crippen LogP contribution is -2.16. The van der Waals surface area contributed by atoms with Crippen LogP contribution in [0.15, 0.2) is 48.5 Å². The molecule has 1 aliphatic rings. The van der Waals surface area contributed by atoms with Crippen molar-refractivity contribution in [3.8, 4) is 5.75 Å². The van der Waals surface area contributed by atoms with E-state index in [2.05, 4.69) is 5.32 Å². The Kier molecular flexibility index (Phi) is 5.78. The Hall–Kier alpha value is -2.53. The maximum Gasteiger partial charge on any atom is 0.344 e. The minimum Gasteiger partial charge on any atom is -0.482 e. The number of halogens is 1. The molecule has 3 rings (SSSR count). The molecule has 26 heavy (non-hydrogen) atoms. The van der Waals surface area contributed by atoms with Gasteiger partial charge in [0.15, 0.2) is 6.61 Å². The van der Waals surface area contributed by atoms with Crippen LogP contribution in [0.1, 0.15) is 24.8 Å². The summed E-state index contributed by atoms with van der Waals surface area (Å²) in [5, 5.41) is 3.59. The molecule has 136 valence electrons. The van der Waals surface area contributed by atoms with Crippen LogP contribution < -0.4 is 10.1 Å². The summed E-state index contributed by atoms with van der Waals surface area (Å²) in [6.45, 7) is 1.89. The highest BCUT2D eigenvalue weighted by Gasteiger charge is 2.44. The number of anilines is 1. The zero-order valence-electron chi connectivity index (χ0n) is 14.4. The van der Waals surface area contributed by atoms with Crippen LogP contribution in [0.25, 0.3) is 0 Å². The number of hydrogen-bond acceptors (Lipinski definition) is 4. The summed E-state index contributed by atoms with van der Waals surface area (Å²) in [4.78, 5) is 23.8. The zero-order chi connectivity index (χ0) is 18.5. The minimum absolute atomic E-state index is 0.0440. The van der Waals surface area contributed by atoms with E-state index in [9.17, 15) is 9.59 Å². The molecule has 6 heteroatoms. The second-order valence-corrected chi connectivity index (χ2v) is 6.49. The number of ether oxygens (including phenoxy) is 2. The summed E-state index contributed by atoms with van der Waals surface area (Å²) in [5.41, 5.74) is 1.64. The van der Waals surface area contributed by atoms with Gasteiger partial charge in [-0.2, -0.15) is 0 Å². The van der Waals surface area contributed by atoms with E-state index in [-0.39, 0.29) is 24.3 Å². The van der Waals surface area contributed by atoms with Crippen molar-refractivity contribution in [3.63, 3.8) is 0 Å². The highest BCUT2D eigenvalue weighted by Crippen LogP contribution is 2.50. The molecule has 1 amide bonds. The predicted octanol–water partition coefficient (Wildman–Crippen LogP) is 4.02. The third-order valence-corrected chi connectivity index (χ3v) is 4.54. The van der Waals surface area contributed by atoms with Gasteiger partial charge >= 0.3 is 5.97 Å². The van der Waals surface area contributed by atoms with Gasteiger partial charge in [0.25, 0.3) is 0 Å². The summed E-state index contributed by atoms with van der Waals surface area (Å²) in [6, 6.07) is 14.6. The van der Waals surface area contributed by atoms with Crippen molar-refractivity contribution in [2.24, 2.45) is 5.92 Å². The largest absolute Gasteiger partial charge is 0.482 e. The van der Waals surface area contributed by atoms with Crippen LogP contribution >= 0.6 is 11.6 Å². The smallest absolute Gasteiger partial charge is 0.344 e. The molecule has 1 aliphatic carbocycles. The quantitative estimate of drug-likeness (QED) is 0.744. The van der Waals surface area contributed by atoms with Crippen LogP contribution in [0, 0.1) is 5.92 Å². The lowest BCUT2D eigenvalue weighted by molar-refractivity contribution is -0.145. The maximum atomic E-state index is 12.5. The molecule has 0 spiro atoms. The van der Waals surface area contributed by atoms with E-state index in [0.717, 1.165) is 12.0 Å². The maximum absolute atomic E-state index is 12.5. The lowest BCUT2D eigenvalue weighted by Gasteiger charge is -2.09. The topological polar surface area (TPSA) is 64.6 Å². The predicted molar refractivity (Wildman–Crippen MR) is 99.5 cm³/mol. The van der Waals surface area contributed by atoms with Gasteiger partial charge in [-0.3, -0.25) is 4.79 Å². The SMILES string of the molecule is CCOC(=O)COc1cccc(NC(=O)C2CC2c2ccccc2Cl)c1. The molecular formula is C20H20ClNO4. The van der Waals surface area contributed by atoms with Crippen molar-refractivity contribution in [3.05, 3.63) is 59.1 Å². The number of esters is 1. The molecule has 0 aromatic heterocycles. The highest BCUT2D eigenvalue weighted by molar-refractivity contribution is 6.31. The Morgan fingerprint density at radius 2 is 2.00 bits per heavy atom. The molecule has 0 aliphatic heterocycles. The summed E-state index contributed by atoms with van der Waals surface area (Å²) in [7, 11) is 0. The number of nitrogens with one attached hydrogen (secondary N) is 1. The van der Waals surface area contributed by atoms with Gasteiger partial charge in [0.1, 0.15) is 5.75 Å². The molecule has 2 aromatic carbocycles. The molecule has 0 bridgehead atoms. The van der Waals surface area contributed by atoms with E-state index in [1.165, 1.54) is 0 Å². The van der Waals surface area contributed by atoms with E-state index in [4.69, 9.17) is 21.1 Å². The first-order valence-electron chi connectivity index (χ1n) is 8.52. The van der Waals surface area contributed by atoms with Gasteiger partial charge in [-0.05, 0) is 43.0 Å².